The zero-order valence-electron chi connectivity index (χ0n) is 15.3. The summed E-state index contributed by atoms with van der Waals surface area (Å²) >= 11 is 3.24. The number of carbonyl (C=O) groups is 2. The lowest BCUT2D eigenvalue weighted by atomic mass is 10.2. The van der Waals surface area contributed by atoms with Crippen molar-refractivity contribution in [3.05, 3.63) is 39.3 Å². The summed E-state index contributed by atoms with van der Waals surface area (Å²) in [7, 11) is 0. The van der Waals surface area contributed by atoms with Crippen LogP contribution >= 0.6 is 15.9 Å². The van der Waals surface area contributed by atoms with E-state index in [2.05, 4.69) is 36.9 Å². The molecule has 0 aromatic carbocycles. The van der Waals surface area contributed by atoms with E-state index in [1.807, 2.05) is 13.8 Å². The Morgan fingerprint density at radius 3 is 2.70 bits per heavy atom. The maximum atomic E-state index is 12.4. The smallest absolute Gasteiger partial charge is 0.355 e. The minimum absolute atomic E-state index is 0.258. The van der Waals surface area contributed by atoms with Crippen LogP contribution in [-0.4, -0.2) is 28.0 Å². The third kappa shape index (κ3) is 3.93. The number of hydrogen-bond donors (Lipinski definition) is 2. The van der Waals surface area contributed by atoms with E-state index in [1.165, 1.54) is 0 Å². The molecule has 8 heteroatoms. The molecule has 2 heterocycles. The number of amides is 1. The number of carbonyl (C=O) groups excluding carboxylic acids is 2. The molecule has 1 aliphatic carbocycles. The fourth-order valence-electron chi connectivity index (χ4n) is 3.57. The minimum atomic E-state index is -0.616. The van der Waals surface area contributed by atoms with Gasteiger partial charge in [-0.05, 0) is 54.2 Å². The van der Waals surface area contributed by atoms with Crippen LogP contribution < -0.4 is 5.32 Å². The standard InChI is InChI=1S/C19H21BrN4O3/c1-11-12(2)24(14-5-3-4-6-14)18(15(11)8-21)23-17(25)10-27-19(26)16-7-13(20)9-22-16/h7,9,14,22H,3-6,10H2,1-2H3,(H,23,25). The summed E-state index contributed by atoms with van der Waals surface area (Å²) in [6.07, 6.45) is 5.94. The fourth-order valence-corrected chi connectivity index (χ4v) is 3.91. The van der Waals surface area contributed by atoms with Crippen molar-refractivity contribution in [1.82, 2.24) is 9.55 Å². The highest BCUT2D eigenvalue weighted by molar-refractivity contribution is 9.10. The molecule has 27 heavy (non-hydrogen) atoms. The van der Waals surface area contributed by atoms with Crippen molar-refractivity contribution in [1.29, 1.82) is 5.26 Å². The van der Waals surface area contributed by atoms with Crippen LogP contribution in [0.3, 0.4) is 0 Å². The average Bonchev–Trinajstić information content (AvgIpc) is 3.35. The zero-order chi connectivity index (χ0) is 19.6. The van der Waals surface area contributed by atoms with E-state index in [9.17, 15) is 14.9 Å². The van der Waals surface area contributed by atoms with Gasteiger partial charge in [0.15, 0.2) is 6.61 Å². The molecule has 1 saturated carbocycles. The Kier molecular flexibility index (Phi) is 5.71. The van der Waals surface area contributed by atoms with E-state index in [0.717, 1.165) is 41.4 Å². The van der Waals surface area contributed by atoms with Crippen LogP contribution in [0.2, 0.25) is 0 Å². The molecular formula is C19H21BrN4O3. The van der Waals surface area contributed by atoms with Crippen molar-refractivity contribution < 1.29 is 14.3 Å². The number of rotatable bonds is 5. The lowest BCUT2D eigenvalue weighted by molar-refractivity contribution is -0.119. The van der Waals surface area contributed by atoms with Gasteiger partial charge in [0.1, 0.15) is 17.6 Å². The van der Waals surface area contributed by atoms with E-state index in [-0.39, 0.29) is 11.7 Å². The third-order valence-corrected chi connectivity index (χ3v) is 5.48. The van der Waals surface area contributed by atoms with Crippen LogP contribution in [0.1, 0.15) is 59.0 Å². The zero-order valence-corrected chi connectivity index (χ0v) is 16.9. The Hall–Kier alpha value is -2.53. The normalized spacial score (nSPS) is 14.1. The first-order chi connectivity index (χ1) is 12.9. The fraction of sp³-hybridized carbons (Fsp3) is 0.421. The molecule has 0 radical (unpaired) electrons. The highest BCUT2D eigenvalue weighted by atomic mass is 79.9. The molecule has 2 aromatic rings. The molecule has 0 unspecified atom stereocenters. The topological polar surface area (TPSA) is 99.9 Å². The van der Waals surface area contributed by atoms with Crippen LogP contribution in [0.4, 0.5) is 5.82 Å². The molecule has 0 bridgehead atoms. The predicted molar refractivity (Wildman–Crippen MR) is 104 cm³/mol. The first-order valence-electron chi connectivity index (χ1n) is 8.84. The van der Waals surface area contributed by atoms with Crippen LogP contribution in [0.15, 0.2) is 16.7 Å². The first-order valence-corrected chi connectivity index (χ1v) is 9.64. The van der Waals surface area contributed by atoms with E-state index < -0.39 is 18.5 Å². The maximum Gasteiger partial charge on any atom is 0.355 e. The highest BCUT2D eigenvalue weighted by Gasteiger charge is 2.27. The summed E-state index contributed by atoms with van der Waals surface area (Å²) in [5.41, 5.74) is 2.58. The molecule has 0 atom stereocenters. The Labute approximate surface area is 165 Å². The van der Waals surface area contributed by atoms with Gasteiger partial charge in [-0.25, -0.2) is 4.79 Å². The number of ether oxygens (including phenoxy) is 1. The van der Waals surface area contributed by atoms with Crippen molar-refractivity contribution in [3.63, 3.8) is 0 Å². The largest absolute Gasteiger partial charge is 0.451 e. The summed E-state index contributed by atoms with van der Waals surface area (Å²) < 4.78 is 7.83. The van der Waals surface area contributed by atoms with Crippen LogP contribution in [0.25, 0.3) is 0 Å². The van der Waals surface area contributed by atoms with Gasteiger partial charge in [0.2, 0.25) is 0 Å². The molecule has 2 aromatic heterocycles. The number of H-pyrrole nitrogens is 1. The van der Waals surface area contributed by atoms with Gasteiger partial charge in [-0.15, -0.1) is 0 Å². The lowest BCUT2D eigenvalue weighted by Gasteiger charge is -2.19. The molecule has 142 valence electrons. The number of nitrogens with zero attached hydrogens (tertiary/aromatic N) is 2. The van der Waals surface area contributed by atoms with Crippen molar-refractivity contribution in [3.8, 4) is 6.07 Å². The second-order valence-electron chi connectivity index (χ2n) is 6.71. The summed E-state index contributed by atoms with van der Waals surface area (Å²) in [6, 6.07) is 4.05. The minimum Gasteiger partial charge on any atom is -0.451 e. The molecule has 0 aliphatic heterocycles. The molecule has 3 rings (SSSR count). The van der Waals surface area contributed by atoms with Gasteiger partial charge < -0.3 is 19.6 Å². The number of esters is 1. The molecular weight excluding hydrogens is 412 g/mol. The summed E-state index contributed by atoms with van der Waals surface area (Å²) in [5.74, 6) is -0.583. The Bertz CT molecular complexity index is 916. The molecule has 1 fully saturated rings. The predicted octanol–water partition coefficient (Wildman–Crippen LogP) is 3.98. The van der Waals surface area contributed by atoms with Crippen molar-refractivity contribution in [2.24, 2.45) is 0 Å². The number of nitrogens with one attached hydrogen (secondary N) is 2. The van der Waals surface area contributed by atoms with E-state index in [0.29, 0.717) is 11.4 Å². The monoisotopic (exact) mass is 432 g/mol. The van der Waals surface area contributed by atoms with Crippen LogP contribution in [-0.2, 0) is 9.53 Å². The molecule has 7 nitrogen and oxygen atoms in total. The van der Waals surface area contributed by atoms with Gasteiger partial charge in [-0.2, -0.15) is 5.26 Å². The molecule has 2 N–H and O–H groups in total. The maximum absolute atomic E-state index is 12.4. The summed E-state index contributed by atoms with van der Waals surface area (Å²) in [5, 5.41) is 12.3. The van der Waals surface area contributed by atoms with Gasteiger partial charge >= 0.3 is 5.97 Å². The number of aromatic nitrogens is 2. The highest BCUT2D eigenvalue weighted by Crippen LogP contribution is 2.37. The number of nitriles is 1. The second-order valence-corrected chi connectivity index (χ2v) is 7.63. The quantitative estimate of drug-likeness (QED) is 0.697. The molecule has 0 spiro atoms. The summed E-state index contributed by atoms with van der Waals surface area (Å²) in [6.45, 7) is 3.43. The number of halogens is 1. The van der Waals surface area contributed by atoms with Crippen molar-refractivity contribution >= 4 is 33.6 Å². The average molecular weight is 433 g/mol. The van der Waals surface area contributed by atoms with Gasteiger partial charge in [-0.3, -0.25) is 4.79 Å². The van der Waals surface area contributed by atoms with Gasteiger partial charge in [0.25, 0.3) is 5.91 Å². The van der Waals surface area contributed by atoms with Gasteiger partial charge in [0.05, 0.1) is 5.56 Å². The van der Waals surface area contributed by atoms with E-state index in [4.69, 9.17) is 4.74 Å². The second kappa shape index (κ2) is 8.01. The summed E-state index contributed by atoms with van der Waals surface area (Å²) in [4.78, 5) is 27.1. The molecule has 1 aliphatic rings. The SMILES string of the molecule is Cc1c(C#N)c(NC(=O)COC(=O)c2cc(Br)c[nH]2)n(C2CCCC2)c1C. The number of hydrogen-bond acceptors (Lipinski definition) is 4. The molecule has 0 saturated heterocycles. The van der Waals surface area contributed by atoms with Gasteiger partial charge in [-0.1, -0.05) is 12.8 Å². The van der Waals surface area contributed by atoms with Crippen molar-refractivity contribution in [2.45, 2.75) is 45.6 Å². The van der Waals surface area contributed by atoms with Crippen LogP contribution in [0.5, 0.6) is 0 Å². The first kappa shape index (κ1) is 19.2. The van der Waals surface area contributed by atoms with E-state index >= 15 is 0 Å². The lowest BCUT2D eigenvalue weighted by Crippen LogP contribution is -2.24. The van der Waals surface area contributed by atoms with Gasteiger partial charge in [0, 0.05) is 22.4 Å². The Morgan fingerprint density at radius 2 is 2.11 bits per heavy atom. The Morgan fingerprint density at radius 1 is 1.41 bits per heavy atom. The Balaban J connectivity index is 1.74. The van der Waals surface area contributed by atoms with E-state index in [1.54, 1.807) is 12.3 Å². The van der Waals surface area contributed by atoms with Crippen molar-refractivity contribution in [2.75, 3.05) is 11.9 Å². The molecule has 1 amide bonds. The third-order valence-electron chi connectivity index (χ3n) is 5.02. The number of anilines is 1. The number of aromatic amines is 1. The van der Waals surface area contributed by atoms with Crippen LogP contribution in [0, 0.1) is 25.2 Å².